The molecule has 0 aliphatic carbocycles. The SMILES string of the molecule is CCN(C(=O)CC[C@H](NC(C)=O)C(=O)O)[C@@H](CSC(C)=O)C(=O)O. The lowest BCUT2D eigenvalue weighted by Gasteiger charge is -2.28. The number of amides is 2. The first kappa shape index (κ1) is 21.9. The van der Waals surface area contributed by atoms with Crippen LogP contribution in [-0.2, 0) is 24.0 Å². The first-order valence-corrected chi connectivity index (χ1v) is 8.24. The van der Waals surface area contributed by atoms with E-state index >= 15 is 0 Å². The third kappa shape index (κ3) is 7.95. The maximum atomic E-state index is 12.2. The number of thioether (sulfide) groups is 1. The van der Waals surface area contributed by atoms with E-state index in [0.717, 1.165) is 23.6 Å². The van der Waals surface area contributed by atoms with Gasteiger partial charge in [-0.05, 0) is 13.3 Å². The zero-order chi connectivity index (χ0) is 18.9. The summed E-state index contributed by atoms with van der Waals surface area (Å²) >= 11 is 0.802. The summed E-state index contributed by atoms with van der Waals surface area (Å²) in [4.78, 5) is 57.7. The van der Waals surface area contributed by atoms with E-state index in [1.54, 1.807) is 6.92 Å². The Morgan fingerprint density at radius 3 is 2.04 bits per heavy atom. The van der Waals surface area contributed by atoms with E-state index < -0.39 is 35.8 Å². The van der Waals surface area contributed by atoms with Crippen molar-refractivity contribution in [1.29, 1.82) is 0 Å². The van der Waals surface area contributed by atoms with Gasteiger partial charge in [-0.25, -0.2) is 9.59 Å². The lowest BCUT2D eigenvalue weighted by Crippen LogP contribution is -2.47. The highest BCUT2D eigenvalue weighted by Crippen LogP contribution is 2.13. The molecule has 0 aromatic rings. The van der Waals surface area contributed by atoms with Crippen molar-refractivity contribution in [2.24, 2.45) is 0 Å². The van der Waals surface area contributed by atoms with Crippen LogP contribution in [0.25, 0.3) is 0 Å². The van der Waals surface area contributed by atoms with Crippen molar-refractivity contribution < 1.29 is 34.2 Å². The van der Waals surface area contributed by atoms with Crippen molar-refractivity contribution in [3.05, 3.63) is 0 Å². The van der Waals surface area contributed by atoms with Crippen molar-refractivity contribution in [2.75, 3.05) is 12.3 Å². The summed E-state index contributed by atoms with van der Waals surface area (Å²) in [6.07, 6.45) is -0.393. The quantitative estimate of drug-likeness (QED) is 0.491. The molecule has 0 unspecified atom stereocenters. The number of rotatable bonds is 10. The molecular formula is C14H22N2O7S. The van der Waals surface area contributed by atoms with E-state index in [0.29, 0.717) is 0 Å². The maximum absolute atomic E-state index is 12.2. The third-order valence-corrected chi connectivity index (χ3v) is 3.98. The van der Waals surface area contributed by atoms with Crippen molar-refractivity contribution in [3.8, 4) is 0 Å². The molecule has 0 bridgehead atoms. The van der Waals surface area contributed by atoms with Crippen LogP contribution in [-0.4, -0.2) is 68.4 Å². The zero-order valence-electron chi connectivity index (χ0n) is 13.8. The largest absolute Gasteiger partial charge is 0.480 e. The fourth-order valence-corrected chi connectivity index (χ4v) is 2.69. The van der Waals surface area contributed by atoms with Gasteiger partial charge in [0.1, 0.15) is 12.1 Å². The predicted molar refractivity (Wildman–Crippen MR) is 86.4 cm³/mol. The van der Waals surface area contributed by atoms with E-state index in [-0.39, 0.29) is 30.3 Å². The normalized spacial score (nSPS) is 12.8. The molecule has 136 valence electrons. The number of carbonyl (C=O) groups excluding carboxylic acids is 3. The Bertz CT molecular complexity index is 509. The summed E-state index contributed by atoms with van der Waals surface area (Å²) < 4.78 is 0. The molecule has 0 fully saturated rings. The summed E-state index contributed by atoms with van der Waals surface area (Å²) in [6.45, 7) is 4.16. The minimum atomic E-state index is -1.28. The van der Waals surface area contributed by atoms with E-state index in [4.69, 9.17) is 5.11 Å². The number of hydrogen-bond acceptors (Lipinski definition) is 6. The summed E-state index contributed by atoms with van der Waals surface area (Å²) in [5.41, 5.74) is 0. The Morgan fingerprint density at radius 1 is 1.08 bits per heavy atom. The number of carbonyl (C=O) groups is 5. The van der Waals surface area contributed by atoms with Gasteiger partial charge in [0.25, 0.3) is 0 Å². The van der Waals surface area contributed by atoms with Gasteiger partial charge in [0.05, 0.1) is 0 Å². The average molecular weight is 362 g/mol. The molecule has 0 aliphatic heterocycles. The summed E-state index contributed by atoms with van der Waals surface area (Å²) in [6, 6.07) is -2.40. The number of likely N-dealkylation sites (N-methyl/N-ethyl adjacent to an activating group) is 1. The summed E-state index contributed by atoms with van der Waals surface area (Å²) in [5.74, 6) is -3.69. The van der Waals surface area contributed by atoms with Gasteiger partial charge in [-0.15, -0.1) is 0 Å². The molecule has 2 amide bonds. The van der Waals surface area contributed by atoms with E-state index in [1.807, 2.05) is 0 Å². The fraction of sp³-hybridized carbons (Fsp3) is 0.643. The van der Waals surface area contributed by atoms with Crippen molar-refractivity contribution in [1.82, 2.24) is 10.2 Å². The Balaban J connectivity index is 4.91. The molecule has 3 N–H and O–H groups in total. The Kier molecular flexibility index (Phi) is 9.70. The van der Waals surface area contributed by atoms with E-state index in [9.17, 15) is 29.1 Å². The predicted octanol–water partition coefficient (Wildman–Crippen LogP) is -0.0627. The number of aliphatic carboxylic acids is 2. The molecule has 0 heterocycles. The Hall–Kier alpha value is -2.10. The highest BCUT2D eigenvalue weighted by Gasteiger charge is 2.30. The van der Waals surface area contributed by atoms with Gasteiger partial charge in [-0.3, -0.25) is 14.4 Å². The molecule has 0 spiro atoms. The van der Waals surface area contributed by atoms with Crippen LogP contribution < -0.4 is 5.32 Å². The van der Waals surface area contributed by atoms with Crippen LogP contribution in [0.1, 0.15) is 33.6 Å². The van der Waals surface area contributed by atoms with E-state index in [1.165, 1.54) is 6.92 Å². The lowest BCUT2D eigenvalue weighted by atomic mass is 10.1. The first-order chi connectivity index (χ1) is 11.1. The standard InChI is InChI=1S/C14H22N2O7S/c1-4-16(11(14(22)23)7-24-9(3)18)12(19)6-5-10(13(20)21)15-8(2)17/h10-11H,4-7H2,1-3H3,(H,15,17)(H,20,21)(H,22,23)/t10-,11-/m0/s1. The van der Waals surface area contributed by atoms with Crippen LogP contribution in [0.3, 0.4) is 0 Å². The highest BCUT2D eigenvalue weighted by molar-refractivity contribution is 8.13. The van der Waals surface area contributed by atoms with Crippen LogP contribution in [0, 0.1) is 0 Å². The molecule has 0 aromatic heterocycles. The van der Waals surface area contributed by atoms with Gasteiger partial charge in [-0.1, -0.05) is 11.8 Å². The topological polar surface area (TPSA) is 141 Å². The second kappa shape index (κ2) is 10.6. The molecule has 0 saturated carbocycles. The molecule has 0 rings (SSSR count). The minimum Gasteiger partial charge on any atom is -0.480 e. The second-order valence-electron chi connectivity index (χ2n) is 4.97. The van der Waals surface area contributed by atoms with Crippen LogP contribution in [0.2, 0.25) is 0 Å². The Morgan fingerprint density at radius 2 is 1.67 bits per heavy atom. The molecule has 9 nitrogen and oxygen atoms in total. The van der Waals surface area contributed by atoms with Crippen LogP contribution in [0.5, 0.6) is 0 Å². The average Bonchev–Trinajstić information content (AvgIpc) is 2.46. The Labute approximate surface area is 143 Å². The van der Waals surface area contributed by atoms with E-state index in [2.05, 4.69) is 5.32 Å². The smallest absolute Gasteiger partial charge is 0.327 e. The van der Waals surface area contributed by atoms with Crippen LogP contribution in [0.15, 0.2) is 0 Å². The van der Waals surface area contributed by atoms with Gasteiger partial charge in [-0.2, -0.15) is 0 Å². The van der Waals surface area contributed by atoms with Crippen molar-refractivity contribution >= 4 is 40.6 Å². The second-order valence-corrected chi connectivity index (χ2v) is 6.16. The number of carboxylic acid groups (broad SMARTS) is 2. The molecular weight excluding hydrogens is 340 g/mol. The molecule has 24 heavy (non-hydrogen) atoms. The lowest BCUT2D eigenvalue weighted by molar-refractivity contribution is -0.149. The molecule has 10 heteroatoms. The minimum absolute atomic E-state index is 0.0850. The number of carboxylic acids is 2. The highest BCUT2D eigenvalue weighted by atomic mass is 32.2. The molecule has 0 aromatic carbocycles. The number of nitrogens with one attached hydrogen (secondary N) is 1. The monoisotopic (exact) mass is 362 g/mol. The van der Waals surface area contributed by atoms with Crippen LogP contribution in [0.4, 0.5) is 0 Å². The molecule has 0 aliphatic rings. The first-order valence-electron chi connectivity index (χ1n) is 7.25. The zero-order valence-corrected chi connectivity index (χ0v) is 14.6. The van der Waals surface area contributed by atoms with Crippen molar-refractivity contribution in [2.45, 2.75) is 45.7 Å². The van der Waals surface area contributed by atoms with Crippen LogP contribution >= 0.6 is 11.8 Å². The van der Waals surface area contributed by atoms with Crippen molar-refractivity contribution in [3.63, 3.8) is 0 Å². The molecule has 2 atom stereocenters. The number of hydrogen-bond donors (Lipinski definition) is 3. The van der Waals surface area contributed by atoms with Gasteiger partial charge in [0.15, 0.2) is 5.12 Å². The van der Waals surface area contributed by atoms with Gasteiger partial charge in [0, 0.05) is 32.6 Å². The molecule has 0 saturated heterocycles. The maximum Gasteiger partial charge on any atom is 0.327 e. The summed E-state index contributed by atoms with van der Waals surface area (Å²) in [5, 5.41) is 20.2. The summed E-state index contributed by atoms with van der Waals surface area (Å²) in [7, 11) is 0. The van der Waals surface area contributed by atoms with Gasteiger partial charge >= 0.3 is 11.9 Å². The van der Waals surface area contributed by atoms with Gasteiger partial charge in [0.2, 0.25) is 11.8 Å². The van der Waals surface area contributed by atoms with Gasteiger partial charge < -0.3 is 20.4 Å². The fourth-order valence-electron chi connectivity index (χ4n) is 1.98. The molecule has 0 radical (unpaired) electrons. The number of nitrogens with zero attached hydrogens (tertiary/aromatic N) is 1. The third-order valence-electron chi connectivity index (χ3n) is 3.09.